The largest absolute Gasteiger partial charge is 0.454 e. The molecule has 190 valence electrons. The van der Waals surface area contributed by atoms with Crippen LogP contribution in [0.25, 0.3) is 44.5 Å². The highest BCUT2D eigenvalue weighted by molar-refractivity contribution is 6.04. The lowest BCUT2D eigenvalue weighted by Gasteiger charge is -2.21. The van der Waals surface area contributed by atoms with Crippen molar-refractivity contribution in [3.8, 4) is 33.6 Å². The highest BCUT2D eigenvalue weighted by atomic mass is 16.3. The molecule has 3 heteroatoms. The Morgan fingerprint density at radius 2 is 1.38 bits per heavy atom. The first kappa shape index (κ1) is 23.4. The van der Waals surface area contributed by atoms with Crippen molar-refractivity contribution in [3.05, 3.63) is 126 Å². The topological polar surface area (TPSA) is 51.2 Å². The van der Waals surface area contributed by atoms with Gasteiger partial charge in [0.25, 0.3) is 0 Å². The second-order valence-electron chi connectivity index (χ2n) is 10.9. The van der Waals surface area contributed by atoms with E-state index in [0.29, 0.717) is 5.69 Å². The normalized spacial score (nSPS) is 13.3. The summed E-state index contributed by atoms with van der Waals surface area (Å²) in [5.41, 5.74) is 19.6. The molecule has 1 heterocycles. The summed E-state index contributed by atoms with van der Waals surface area (Å²) >= 11 is 0. The Hall–Kier alpha value is -4.76. The van der Waals surface area contributed by atoms with Crippen LogP contribution in [0.5, 0.6) is 0 Å². The monoisotopic (exact) mass is 506 g/mol. The molecule has 0 aliphatic heterocycles. The molecule has 0 spiro atoms. The van der Waals surface area contributed by atoms with E-state index in [1.165, 1.54) is 27.8 Å². The van der Waals surface area contributed by atoms with Crippen molar-refractivity contribution in [1.29, 1.82) is 0 Å². The van der Waals surface area contributed by atoms with Crippen LogP contribution >= 0.6 is 0 Å². The Balaban J connectivity index is 1.47. The fraction of sp³-hybridized carbons (Fsp3) is 0.111. The van der Waals surface area contributed by atoms with E-state index in [-0.39, 0.29) is 5.41 Å². The van der Waals surface area contributed by atoms with Gasteiger partial charge in [-0.2, -0.15) is 0 Å². The van der Waals surface area contributed by atoms with Gasteiger partial charge < -0.3 is 15.5 Å². The van der Waals surface area contributed by atoms with Gasteiger partial charge in [0.2, 0.25) is 0 Å². The van der Waals surface area contributed by atoms with Gasteiger partial charge in [-0.25, -0.2) is 0 Å². The number of nitrogens with one attached hydrogen (secondary N) is 1. The highest BCUT2D eigenvalue weighted by Gasteiger charge is 2.36. The second-order valence-corrected chi connectivity index (χ2v) is 10.9. The van der Waals surface area contributed by atoms with Crippen LogP contribution in [-0.4, -0.2) is 0 Å². The SMILES string of the molecule is Cc1ccccc1-c1oc2ccc(-c3cccc4c3-c3ccccc3C4(C)C)cc2c1Nc1ccccc1N. The number of benzene rings is 5. The fourth-order valence-corrected chi connectivity index (χ4v) is 6.15. The summed E-state index contributed by atoms with van der Waals surface area (Å²) in [6.07, 6.45) is 0. The number of furan rings is 1. The number of hydrogen-bond acceptors (Lipinski definition) is 3. The van der Waals surface area contributed by atoms with E-state index in [2.05, 4.69) is 105 Å². The smallest absolute Gasteiger partial charge is 0.159 e. The molecule has 39 heavy (non-hydrogen) atoms. The van der Waals surface area contributed by atoms with Crippen LogP contribution in [0.15, 0.2) is 114 Å². The minimum Gasteiger partial charge on any atom is -0.454 e. The van der Waals surface area contributed by atoms with E-state index < -0.39 is 0 Å². The molecule has 0 bridgehead atoms. The molecule has 0 radical (unpaired) electrons. The summed E-state index contributed by atoms with van der Waals surface area (Å²) in [6.45, 7) is 6.75. The highest BCUT2D eigenvalue weighted by Crippen LogP contribution is 2.52. The van der Waals surface area contributed by atoms with Crippen molar-refractivity contribution in [1.82, 2.24) is 0 Å². The van der Waals surface area contributed by atoms with Gasteiger partial charge in [-0.15, -0.1) is 0 Å². The summed E-state index contributed by atoms with van der Waals surface area (Å²) in [5.74, 6) is 0.813. The first-order valence-corrected chi connectivity index (χ1v) is 13.4. The maximum absolute atomic E-state index is 6.55. The molecule has 0 amide bonds. The van der Waals surface area contributed by atoms with Crippen molar-refractivity contribution in [2.75, 3.05) is 11.1 Å². The summed E-state index contributed by atoms with van der Waals surface area (Å²) in [5, 5.41) is 4.66. The Kier molecular flexibility index (Phi) is 5.18. The Labute approximate surface area is 228 Å². The van der Waals surface area contributed by atoms with Crippen LogP contribution in [0.1, 0.15) is 30.5 Å². The van der Waals surface area contributed by atoms with E-state index in [9.17, 15) is 0 Å². The first-order chi connectivity index (χ1) is 18.9. The number of rotatable bonds is 4. The molecule has 0 saturated carbocycles. The van der Waals surface area contributed by atoms with Gasteiger partial charge in [0.1, 0.15) is 5.58 Å². The third-order valence-electron chi connectivity index (χ3n) is 8.22. The molecule has 3 N–H and O–H groups in total. The average molecular weight is 507 g/mol. The van der Waals surface area contributed by atoms with Crippen LogP contribution in [0.3, 0.4) is 0 Å². The van der Waals surface area contributed by atoms with Gasteiger partial charge in [0.15, 0.2) is 5.76 Å². The third-order valence-corrected chi connectivity index (χ3v) is 8.22. The zero-order valence-electron chi connectivity index (χ0n) is 22.4. The average Bonchev–Trinajstić information content (AvgIpc) is 3.42. The van der Waals surface area contributed by atoms with E-state index in [1.54, 1.807) is 0 Å². The van der Waals surface area contributed by atoms with Crippen molar-refractivity contribution in [2.24, 2.45) is 0 Å². The summed E-state index contributed by atoms with van der Waals surface area (Å²) in [7, 11) is 0. The van der Waals surface area contributed by atoms with Crippen LogP contribution in [-0.2, 0) is 5.41 Å². The minimum atomic E-state index is -0.0444. The molecular formula is C36H30N2O. The molecule has 3 nitrogen and oxygen atoms in total. The Bertz CT molecular complexity index is 1890. The maximum atomic E-state index is 6.55. The van der Waals surface area contributed by atoms with Crippen molar-refractivity contribution < 1.29 is 4.42 Å². The predicted molar refractivity (Wildman–Crippen MR) is 164 cm³/mol. The summed E-state index contributed by atoms with van der Waals surface area (Å²) in [4.78, 5) is 0. The van der Waals surface area contributed by atoms with Gasteiger partial charge >= 0.3 is 0 Å². The molecule has 1 aliphatic carbocycles. The van der Waals surface area contributed by atoms with Gasteiger partial charge in [-0.1, -0.05) is 98.8 Å². The first-order valence-electron chi connectivity index (χ1n) is 13.4. The quantitative estimate of drug-likeness (QED) is 0.234. The van der Waals surface area contributed by atoms with E-state index in [0.717, 1.165) is 44.8 Å². The lowest BCUT2D eigenvalue weighted by molar-refractivity contribution is 0.632. The maximum Gasteiger partial charge on any atom is 0.159 e. The molecular weight excluding hydrogens is 476 g/mol. The molecule has 6 aromatic rings. The zero-order valence-corrected chi connectivity index (χ0v) is 22.4. The van der Waals surface area contributed by atoms with Crippen LogP contribution in [0, 0.1) is 6.92 Å². The molecule has 5 aromatic carbocycles. The molecule has 7 rings (SSSR count). The standard InChI is InChI=1S/C36H30N2O/c1-22-11-4-5-12-24(22)35-34(38-31-18-9-8-17-30(31)37)27-21-23(19-20-32(27)39-35)25-14-10-16-29-33(25)26-13-6-7-15-28(26)36(29,2)3/h4-21,38H,37H2,1-3H3. The number of fused-ring (bicyclic) bond motifs is 4. The Morgan fingerprint density at radius 3 is 2.21 bits per heavy atom. The van der Waals surface area contributed by atoms with Gasteiger partial charge in [0.05, 0.1) is 17.1 Å². The number of para-hydroxylation sites is 2. The molecule has 0 fully saturated rings. The number of aryl methyl sites for hydroxylation is 1. The molecule has 1 aromatic heterocycles. The van der Waals surface area contributed by atoms with Gasteiger partial charge in [-0.05, 0) is 70.1 Å². The lowest BCUT2D eigenvalue weighted by Crippen LogP contribution is -2.14. The molecule has 1 aliphatic rings. The number of anilines is 3. The van der Waals surface area contributed by atoms with E-state index in [1.807, 2.05) is 30.3 Å². The summed E-state index contributed by atoms with van der Waals surface area (Å²) in [6, 6.07) is 38.2. The lowest BCUT2D eigenvalue weighted by atomic mass is 9.82. The third kappa shape index (κ3) is 3.58. The molecule has 0 atom stereocenters. The minimum absolute atomic E-state index is 0.0444. The van der Waals surface area contributed by atoms with E-state index >= 15 is 0 Å². The Morgan fingerprint density at radius 1 is 0.692 bits per heavy atom. The van der Waals surface area contributed by atoms with E-state index in [4.69, 9.17) is 10.2 Å². The van der Waals surface area contributed by atoms with Gasteiger partial charge in [0, 0.05) is 16.4 Å². The van der Waals surface area contributed by atoms with Crippen LogP contribution in [0.4, 0.5) is 17.1 Å². The predicted octanol–water partition coefficient (Wildman–Crippen LogP) is 9.71. The van der Waals surface area contributed by atoms with Crippen molar-refractivity contribution in [3.63, 3.8) is 0 Å². The fourth-order valence-electron chi connectivity index (χ4n) is 6.15. The number of nitrogens with two attached hydrogens (primary N) is 1. The zero-order chi connectivity index (χ0) is 26.7. The summed E-state index contributed by atoms with van der Waals surface area (Å²) < 4.78 is 6.55. The molecule has 0 saturated heterocycles. The number of hydrogen-bond donors (Lipinski definition) is 2. The van der Waals surface area contributed by atoms with Crippen LogP contribution in [0.2, 0.25) is 0 Å². The second kappa shape index (κ2) is 8.64. The van der Waals surface area contributed by atoms with Crippen LogP contribution < -0.4 is 11.1 Å². The molecule has 0 unspecified atom stereocenters. The number of nitrogen functional groups attached to an aromatic ring is 1. The van der Waals surface area contributed by atoms with Crippen molar-refractivity contribution in [2.45, 2.75) is 26.2 Å². The van der Waals surface area contributed by atoms with Crippen molar-refractivity contribution >= 4 is 28.0 Å². The van der Waals surface area contributed by atoms with Gasteiger partial charge in [-0.3, -0.25) is 0 Å².